The van der Waals surface area contributed by atoms with E-state index in [-0.39, 0.29) is 33.3 Å². The maximum absolute atomic E-state index is 15.5. The Hall–Kier alpha value is -6.04. The predicted molar refractivity (Wildman–Crippen MR) is 238 cm³/mol. The van der Waals surface area contributed by atoms with Crippen molar-refractivity contribution in [2.24, 2.45) is 5.92 Å². The Bertz CT molecular complexity index is 3260. The van der Waals surface area contributed by atoms with Crippen molar-refractivity contribution in [3.8, 4) is 17.2 Å². The summed E-state index contributed by atoms with van der Waals surface area (Å²) in [6, 6.07) is 15.6. The first-order valence-corrected chi connectivity index (χ1v) is 23.6. The maximum Gasteiger partial charge on any atom is 0.438 e. The number of aromatic nitrogens is 7. The second-order valence-corrected chi connectivity index (χ2v) is 20.2. The lowest BCUT2D eigenvalue weighted by atomic mass is 9.91. The molecule has 15 nitrogen and oxygen atoms in total. The number of ether oxygens (including phenoxy) is 1. The van der Waals surface area contributed by atoms with Gasteiger partial charge in [0.1, 0.15) is 22.9 Å². The maximum atomic E-state index is 15.5. The molecule has 0 radical (unpaired) electrons. The van der Waals surface area contributed by atoms with Crippen LogP contribution in [0.5, 0.6) is 0 Å². The molecular weight excluding hydrogens is 861 g/mol. The van der Waals surface area contributed by atoms with Gasteiger partial charge in [-0.25, -0.2) is 27.6 Å². The fourth-order valence-electron chi connectivity index (χ4n) is 9.99. The second-order valence-electron chi connectivity index (χ2n) is 17.4. The highest BCUT2D eigenvalue weighted by Crippen LogP contribution is 2.56. The van der Waals surface area contributed by atoms with Crippen molar-refractivity contribution in [1.29, 1.82) is 4.78 Å². The standard InChI is InChI=1S/C46H47ClFN9O6S/c1-6-64(49,61)33-8-10-37(34(47)23-33)54-15-16-55(45(54)60)41-39-28(5)53(14-11-35(39)51-57(41)32-19-25(2)40(48)26(3)20-32)42(58)38-22-31-21-30(29-12-17-62-18-13-29)7-9-36(31)56(38)46(24-27(46)4)43-50-44(59)63-52-43/h7-10,15-16,19-23,27-29,49H,6,11-14,17-18,24H2,1-5H3,(H,50,52,59)/t27-,28-,46-,64?/m0/s1. The van der Waals surface area contributed by atoms with Crippen LogP contribution in [-0.2, 0) is 26.4 Å². The molecule has 0 spiro atoms. The van der Waals surface area contributed by atoms with Crippen LogP contribution in [0.25, 0.3) is 28.1 Å². The van der Waals surface area contributed by atoms with Crippen molar-refractivity contribution >= 4 is 38.1 Å². The van der Waals surface area contributed by atoms with Crippen LogP contribution in [0, 0.1) is 30.4 Å². The van der Waals surface area contributed by atoms with Gasteiger partial charge in [-0.15, -0.1) is 0 Å². The third kappa shape index (κ3) is 6.52. The van der Waals surface area contributed by atoms with E-state index in [2.05, 4.69) is 35.3 Å². The topological polar surface area (TPSA) is 179 Å². The summed E-state index contributed by atoms with van der Waals surface area (Å²) in [6.45, 7) is 10.7. The Balaban J connectivity index is 1.12. The number of H-pyrrole nitrogens is 1. The Labute approximate surface area is 372 Å². The number of nitrogens with one attached hydrogen (secondary N) is 2. The molecule has 7 aromatic rings. The number of carbonyl (C=O) groups excluding carboxylic acids is 1. The van der Waals surface area contributed by atoms with Gasteiger partial charge in [0.25, 0.3) is 5.91 Å². The van der Waals surface area contributed by atoms with Gasteiger partial charge in [-0.1, -0.05) is 36.7 Å². The zero-order valence-corrected chi connectivity index (χ0v) is 37.6. The Morgan fingerprint density at radius 2 is 1.75 bits per heavy atom. The first-order valence-electron chi connectivity index (χ1n) is 21.5. The largest absolute Gasteiger partial charge is 0.438 e. The van der Waals surface area contributed by atoms with E-state index in [1.54, 1.807) is 67.0 Å². The van der Waals surface area contributed by atoms with Crippen LogP contribution in [0.2, 0.25) is 5.02 Å². The summed E-state index contributed by atoms with van der Waals surface area (Å²) in [5.41, 5.74) is 4.04. The van der Waals surface area contributed by atoms with E-state index in [9.17, 15) is 13.8 Å². The van der Waals surface area contributed by atoms with Crippen molar-refractivity contribution in [3.63, 3.8) is 0 Å². The summed E-state index contributed by atoms with van der Waals surface area (Å²) in [5, 5.41) is 10.3. The zero-order valence-electron chi connectivity index (χ0n) is 36.0. The Morgan fingerprint density at radius 3 is 2.41 bits per heavy atom. The summed E-state index contributed by atoms with van der Waals surface area (Å²) in [7, 11) is -3.07. The lowest BCUT2D eigenvalue weighted by Gasteiger charge is -2.34. The number of rotatable bonds is 9. The van der Waals surface area contributed by atoms with E-state index in [0.29, 0.717) is 89.6 Å². The minimum absolute atomic E-state index is 0.00624. The van der Waals surface area contributed by atoms with Crippen molar-refractivity contribution in [2.75, 3.05) is 25.5 Å². The summed E-state index contributed by atoms with van der Waals surface area (Å²) >= 11 is 6.73. The fraction of sp³-hybridized carbons (Fsp3) is 0.370. The SMILES string of the molecule is CCS(=N)(=O)c1ccc(-n2ccn(-c3c4c(nn3-c3cc(C)c(F)c(C)c3)CCN(C(=O)c3cc5cc(C6CCOCC6)ccc5n3[C@@]3(c5noc(=O)[nH]5)C[C@@H]3C)[C@H]4C)c2=O)c(Cl)c1. The summed E-state index contributed by atoms with van der Waals surface area (Å²) < 4.78 is 53.4. The summed E-state index contributed by atoms with van der Waals surface area (Å²) in [6.07, 6.45) is 5.94. The molecule has 0 bridgehead atoms. The molecule has 1 unspecified atom stereocenters. The van der Waals surface area contributed by atoms with Gasteiger partial charge in [-0.2, -0.15) is 5.10 Å². The monoisotopic (exact) mass is 907 g/mol. The lowest BCUT2D eigenvalue weighted by molar-refractivity contribution is 0.0663. The lowest BCUT2D eigenvalue weighted by Crippen LogP contribution is -2.41. The van der Waals surface area contributed by atoms with Gasteiger partial charge in [0, 0.05) is 65.7 Å². The number of halogens is 2. The zero-order chi connectivity index (χ0) is 45.0. The molecule has 332 valence electrons. The van der Waals surface area contributed by atoms with Gasteiger partial charge in [-0.05, 0) is 117 Å². The number of benzene rings is 3. The van der Waals surface area contributed by atoms with Crippen LogP contribution >= 0.6 is 11.6 Å². The Morgan fingerprint density at radius 1 is 1.03 bits per heavy atom. The minimum Gasteiger partial charge on any atom is -0.381 e. The average Bonchev–Trinajstić information content (AvgIpc) is 3.78. The molecule has 1 aliphatic carbocycles. The number of nitrogens with zero attached hydrogens (tertiary/aromatic N) is 7. The molecule has 1 saturated carbocycles. The molecule has 10 rings (SSSR count). The highest BCUT2D eigenvalue weighted by molar-refractivity contribution is 7.92. The van der Waals surface area contributed by atoms with Crippen molar-refractivity contribution in [1.82, 2.24) is 38.5 Å². The third-order valence-corrected chi connectivity index (χ3v) is 15.7. The Kier molecular flexibility index (Phi) is 10.0. The van der Waals surface area contributed by atoms with Crippen LogP contribution in [0.3, 0.4) is 0 Å². The number of fused-ring (bicyclic) bond motifs is 2. The molecule has 4 atom stereocenters. The highest BCUT2D eigenvalue weighted by atomic mass is 35.5. The van der Waals surface area contributed by atoms with Crippen LogP contribution in [0.4, 0.5) is 4.39 Å². The van der Waals surface area contributed by atoms with Crippen LogP contribution < -0.4 is 11.4 Å². The van der Waals surface area contributed by atoms with Gasteiger partial charge >= 0.3 is 11.4 Å². The number of aromatic amines is 1. The first-order chi connectivity index (χ1) is 30.6. The quantitative estimate of drug-likeness (QED) is 0.148. The summed E-state index contributed by atoms with van der Waals surface area (Å²) in [4.78, 5) is 47.4. The minimum atomic E-state index is -3.07. The number of hydrogen-bond acceptors (Lipinski definition) is 9. The number of amides is 1. The molecule has 2 fully saturated rings. The number of aryl methyl sites for hydroxylation is 2. The first kappa shape index (κ1) is 41.9. The molecule has 64 heavy (non-hydrogen) atoms. The molecule has 18 heteroatoms. The normalized spacial score (nSPS) is 21.0. The fourth-order valence-corrected chi connectivity index (χ4v) is 11.3. The van der Waals surface area contributed by atoms with Crippen molar-refractivity contribution in [3.05, 3.63) is 138 Å². The smallest absolute Gasteiger partial charge is 0.381 e. The van der Waals surface area contributed by atoms with E-state index in [1.165, 1.54) is 20.8 Å². The molecular formula is C46H47ClFN9O6S. The van der Waals surface area contributed by atoms with Gasteiger partial charge in [0.2, 0.25) is 0 Å². The van der Waals surface area contributed by atoms with E-state index < -0.39 is 32.8 Å². The molecule has 2 aliphatic heterocycles. The summed E-state index contributed by atoms with van der Waals surface area (Å²) in [5.74, 6) is -0.119. The molecule has 4 aromatic heterocycles. The molecule has 1 saturated heterocycles. The van der Waals surface area contributed by atoms with Crippen molar-refractivity contribution < 1.29 is 22.7 Å². The number of imidazole rings is 1. The van der Waals surface area contributed by atoms with E-state index >= 15 is 9.18 Å². The number of hydrogen-bond donors (Lipinski definition) is 2. The van der Waals surface area contributed by atoms with Crippen LogP contribution in [-0.4, -0.2) is 74.1 Å². The molecule has 1 amide bonds. The molecule has 2 N–H and O–H groups in total. The molecule has 6 heterocycles. The van der Waals surface area contributed by atoms with Crippen LogP contribution in [0.15, 0.2) is 86.0 Å². The second kappa shape index (κ2) is 15.3. The van der Waals surface area contributed by atoms with Crippen molar-refractivity contribution in [2.45, 2.75) is 82.7 Å². The predicted octanol–water partition coefficient (Wildman–Crippen LogP) is 7.72. The van der Waals surface area contributed by atoms with E-state index in [0.717, 1.165) is 23.7 Å². The van der Waals surface area contributed by atoms with E-state index in [1.807, 2.05) is 17.6 Å². The highest BCUT2D eigenvalue weighted by Gasteiger charge is 2.59. The van der Waals surface area contributed by atoms with Crippen LogP contribution in [0.1, 0.15) is 96.3 Å². The third-order valence-electron chi connectivity index (χ3n) is 13.6. The van der Waals surface area contributed by atoms with Gasteiger partial charge < -0.3 is 14.2 Å². The van der Waals surface area contributed by atoms with Gasteiger partial charge in [-0.3, -0.25) is 23.4 Å². The molecule has 3 aromatic carbocycles. The average molecular weight is 908 g/mol. The molecule has 3 aliphatic rings. The van der Waals surface area contributed by atoms with Gasteiger partial charge in [0.05, 0.1) is 37.9 Å². The number of carbonyl (C=O) groups is 1. The van der Waals surface area contributed by atoms with Gasteiger partial charge in [0.15, 0.2) is 5.82 Å². The van der Waals surface area contributed by atoms with E-state index in [4.69, 9.17) is 30.7 Å².